The van der Waals surface area contributed by atoms with Crippen LogP contribution in [0.5, 0.6) is 5.75 Å². The molecule has 5 heteroatoms. The number of aromatic hydroxyl groups is 1. The van der Waals surface area contributed by atoms with Gasteiger partial charge in [0.15, 0.2) is 0 Å². The van der Waals surface area contributed by atoms with Crippen LogP contribution in [0.1, 0.15) is 39.2 Å². The first-order chi connectivity index (χ1) is 17.9. The predicted octanol–water partition coefficient (Wildman–Crippen LogP) is 5.98. The van der Waals surface area contributed by atoms with Crippen molar-refractivity contribution in [1.82, 2.24) is 14.5 Å². The molecule has 0 aliphatic rings. The van der Waals surface area contributed by atoms with Gasteiger partial charge in [-0.15, -0.1) is 0 Å². The topological polar surface area (TPSA) is 68.0 Å². The summed E-state index contributed by atoms with van der Waals surface area (Å²) in [5.74, 6) is 7.11. The van der Waals surface area contributed by atoms with Crippen molar-refractivity contribution in [2.75, 3.05) is 0 Å². The lowest BCUT2D eigenvalue weighted by Gasteiger charge is -2.14. The van der Waals surface area contributed by atoms with Crippen molar-refractivity contribution in [1.29, 1.82) is 0 Å². The van der Waals surface area contributed by atoms with Gasteiger partial charge in [0.25, 0.3) is 5.56 Å². The van der Waals surface area contributed by atoms with Crippen LogP contribution in [0.25, 0.3) is 28.7 Å². The molecule has 5 nitrogen and oxygen atoms in total. The van der Waals surface area contributed by atoms with Crippen LogP contribution in [-0.2, 0) is 0 Å². The maximum absolute atomic E-state index is 13.7. The average molecular weight is 484 g/mol. The van der Waals surface area contributed by atoms with Crippen molar-refractivity contribution in [3.63, 3.8) is 0 Å². The van der Waals surface area contributed by atoms with Crippen LogP contribution in [0.2, 0.25) is 0 Å². The highest BCUT2D eigenvalue weighted by molar-refractivity contribution is 5.80. The molecule has 2 aromatic heterocycles. The molecule has 0 aliphatic carbocycles. The van der Waals surface area contributed by atoms with Gasteiger partial charge >= 0.3 is 0 Å². The molecule has 0 aliphatic heterocycles. The van der Waals surface area contributed by atoms with Crippen molar-refractivity contribution >= 4 is 23.1 Å². The summed E-state index contributed by atoms with van der Waals surface area (Å²) in [5, 5.41) is 10.7. The molecular weight excluding hydrogens is 458 g/mol. The third-order valence-electron chi connectivity index (χ3n) is 6.19. The van der Waals surface area contributed by atoms with Gasteiger partial charge in [0, 0.05) is 23.5 Å². The highest BCUT2D eigenvalue weighted by Gasteiger charge is 2.13. The molecule has 5 rings (SSSR count). The molecule has 0 atom stereocenters. The Morgan fingerprint density at radius 2 is 1.59 bits per heavy atom. The normalized spacial score (nSPS) is 11.0. The molecule has 1 N–H and O–H groups in total. The summed E-state index contributed by atoms with van der Waals surface area (Å²) >= 11 is 0. The lowest BCUT2D eigenvalue weighted by molar-refractivity contribution is 0.467. The smallest absolute Gasteiger partial charge is 0.266 e. The summed E-state index contributed by atoms with van der Waals surface area (Å²) in [4.78, 5) is 22.6. The molecule has 5 aromatic rings. The van der Waals surface area contributed by atoms with E-state index in [4.69, 9.17) is 4.98 Å². The van der Waals surface area contributed by atoms with E-state index in [-0.39, 0.29) is 5.56 Å². The second-order valence-corrected chi connectivity index (χ2v) is 8.96. The van der Waals surface area contributed by atoms with Gasteiger partial charge in [0.05, 0.1) is 16.6 Å². The molecule has 2 heterocycles. The standard InChI is InChI=1S/C32H25N3O2/c1-21-17-24(10-11-25-7-6-16-33-20-25)12-14-29(21)35-30(34-28-9-5-4-8-27(28)32(35)37)15-13-26-18-22(2)31(36)23(3)19-26/h4-9,12-20,36H,1-3H3. The Hall–Kier alpha value is -4.95. The highest BCUT2D eigenvalue weighted by Crippen LogP contribution is 2.24. The zero-order valence-electron chi connectivity index (χ0n) is 20.9. The second-order valence-electron chi connectivity index (χ2n) is 8.96. The second kappa shape index (κ2) is 9.96. The van der Waals surface area contributed by atoms with Crippen molar-refractivity contribution in [2.24, 2.45) is 0 Å². The first-order valence-corrected chi connectivity index (χ1v) is 11.9. The summed E-state index contributed by atoms with van der Waals surface area (Å²) in [7, 11) is 0. The van der Waals surface area contributed by atoms with Crippen LogP contribution in [-0.4, -0.2) is 19.6 Å². The lowest BCUT2D eigenvalue weighted by Crippen LogP contribution is -2.23. The summed E-state index contributed by atoms with van der Waals surface area (Å²) in [6, 6.07) is 20.7. The van der Waals surface area contributed by atoms with Crippen molar-refractivity contribution in [3.8, 4) is 23.3 Å². The molecule has 0 unspecified atom stereocenters. The Bertz CT molecular complexity index is 1770. The lowest BCUT2D eigenvalue weighted by atomic mass is 10.1. The van der Waals surface area contributed by atoms with Gasteiger partial charge in [-0.2, -0.15) is 0 Å². The Morgan fingerprint density at radius 1 is 0.838 bits per heavy atom. The highest BCUT2D eigenvalue weighted by atomic mass is 16.3. The quantitative estimate of drug-likeness (QED) is 0.321. The van der Waals surface area contributed by atoms with Crippen LogP contribution in [0, 0.1) is 32.6 Å². The van der Waals surface area contributed by atoms with Crippen LogP contribution in [0.15, 0.2) is 83.9 Å². The zero-order valence-corrected chi connectivity index (χ0v) is 20.9. The molecule has 180 valence electrons. The minimum Gasteiger partial charge on any atom is -0.507 e. The van der Waals surface area contributed by atoms with Crippen molar-refractivity contribution < 1.29 is 5.11 Å². The first kappa shape index (κ1) is 23.8. The average Bonchev–Trinajstić information content (AvgIpc) is 2.90. The molecule has 0 saturated carbocycles. The maximum Gasteiger partial charge on any atom is 0.266 e. The Kier molecular flexibility index (Phi) is 6.40. The molecule has 37 heavy (non-hydrogen) atoms. The molecule has 3 aromatic carbocycles. The van der Waals surface area contributed by atoms with Gasteiger partial charge in [0.1, 0.15) is 11.6 Å². The van der Waals surface area contributed by atoms with Gasteiger partial charge in [-0.1, -0.05) is 30.0 Å². The first-order valence-electron chi connectivity index (χ1n) is 11.9. The Morgan fingerprint density at radius 3 is 2.32 bits per heavy atom. The van der Waals surface area contributed by atoms with E-state index in [1.54, 1.807) is 23.0 Å². The Labute approximate surface area is 215 Å². The number of pyridine rings is 1. The largest absolute Gasteiger partial charge is 0.507 e. The predicted molar refractivity (Wildman–Crippen MR) is 149 cm³/mol. The number of aromatic nitrogens is 3. The van der Waals surface area contributed by atoms with E-state index in [9.17, 15) is 9.90 Å². The number of aryl methyl sites for hydroxylation is 3. The molecule has 0 radical (unpaired) electrons. The number of nitrogens with zero attached hydrogens (tertiary/aromatic N) is 3. The zero-order chi connectivity index (χ0) is 25.9. The fraction of sp³-hybridized carbons (Fsp3) is 0.0938. The number of benzene rings is 3. The maximum atomic E-state index is 13.7. The summed E-state index contributed by atoms with van der Waals surface area (Å²) < 4.78 is 1.65. The number of para-hydroxylation sites is 1. The third-order valence-corrected chi connectivity index (χ3v) is 6.19. The van der Waals surface area contributed by atoms with Gasteiger partial charge < -0.3 is 5.11 Å². The molecular formula is C32H25N3O2. The minimum absolute atomic E-state index is 0.138. The number of phenols is 1. The van der Waals surface area contributed by atoms with E-state index in [1.165, 1.54) is 0 Å². The summed E-state index contributed by atoms with van der Waals surface area (Å²) in [6.07, 6.45) is 7.20. The third kappa shape index (κ3) is 4.91. The van der Waals surface area contributed by atoms with Crippen molar-refractivity contribution in [2.45, 2.75) is 20.8 Å². The fourth-order valence-corrected chi connectivity index (χ4v) is 4.32. The van der Waals surface area contributed by atoms with E-state index in [0.717, 1.165) is 39.1 Å². The van der Waals surface area contributed by atoms with Gasteiger partial charge in [-0.25, -0.2) is 4.98 Å². The van der Waals surface area contributed by atoms with E-state index in [0.29, 0.717) is 22.5 Å². The van der Waals surface area contributed by atoms with E-state index in [1.807, 2.05) is 93.6 Å². The van der Waals surface area contributed by atoms with E-state index in [2.05, 4.69) is 16.8 Å². The number of hydrogen-bond donors (Lipinski definition) is 1. The SMILES string of the molecule is Cc1cc(C#Cc2cccnc2)ccc1-n1c(C=Cc2cc(C)c(O)c(C)c2)nc2ccccc2c1=O. The summed E-state index contributed by atoms with van der Waals surface area (Å²) in [5.41, 5.74) is 6.34. The minimum atomic E-state index is -0.138. The van der Waals surface area contributed by atoms with Gasteiger partial charge in [-0.3, -0.25) is 14.3 Å². The Balaban J connectivity index is 1.63. The number of rotatable bonds is 3. The molecule has 0 saturated heterocycles. The van der Waals surface area contributed by atoms with Crippen LogP contribution in [0.3, 0.4) is 0 Å². The van der Waals surface area contributed by atoms with E-state index < -0.39 is 0 Å². The van der Waals surface area contributed by atoms with E-state index >= 15 is 0 Å². The number of hydrogen-bond acceptors (Lipinski definition) is 4. The summed E-state index contributed by atoms with van der Waals surface area (Å²) in [6.45, 7) is 5.70. The van der Waals surface area contributed by atoms with Crippen molar-refractivity contribution in [3.05, 3.63) is 129 Å². The molecule has 0 fully saturated rings. The van der Waals surface area contributed by atoms with Crippen LogP contribution < -0.4 is 5.56 Å². The number of phenolic OH excluding ortho intramolecular Hbond substituents is 1. The monoisotopic (exact) mass is 483 g/mol. The molecule has 0 spiro atoms. The van der Waals surface area contributed by atoms with Crippen LogP contribution >= 0.6 is 0 Å². The fourth-order valence-electron chi connectivity index (χ4n) is 4.32. The van der Waals surface area contributed by atoms with Gasteiger partial charge in [-0.05, 0) is 104 Å². The molecule has 0 bridgehead atoms. The number of fused-ring (bicyclic) bond motifs is 1. The molecule has 0 amide bonds. The van der Waals surface area contributed by atoms with Crippen LogP contribution in [0.4, 0.5) is 0 Å². The van der Waals surface area contributed by atoms with Gasteiger partial charge in [0.2, 0.25) is 0 Å².